The molecule has 0 aromatic heterocycles. The summed E-state index contributed by atoms with van der Waals surface area (Å²) in [6.07, 6.45) is 3.67. The third kappa shape index (κ3) is 1.76. The van der Waals surface area contributed by atoms with Gasteiger partial charge in [-0.05, 0) is 37.5 Å². The Morgan fingerprint density at radius 2 is 2.13 bits per heavy atom. The SMILES string of the molecule is CC1(c2cccc(O)c2)CCCCC1=O. The van der Waals surface area contributed by atoms with Gasteiger partial charge in [-0.25, -0.2) is 0 Å². The molecule has 1 aromatic carbocycles. The highest BCUT2D eigenvalue weighted by Gasteiger charge is 2.36. The number of benzene rings is 1. The molecule has 0 saturated heterocycles. The minimum Gasteiger partial charge on any atom is -0.508 e. The Kier molecular flexibility index (Phi) is 2.51. The molecule has 1 aromatic rings. The van der Waals surface area contributed by atoms with Crippen molar-refractivity contribution in [3.05, 3.63) is 29.8 Å². The first-order valence-electron chi connectivity index (χ1n) is 5.46. The lowest BCUT2D eigenvalue weighted by atomic mass is 9.70. The van der Waals surface area contributed by atoms with E-state index in [0.717, 1.165) is 24.8 Å². The van der Waals surface area contributed by atoms with E-state index in [1.807, 2.05) is 13.0 Å². The molecule has 2 nitrogen and oxygen atoms in total. The summed E-state index contributed by atoms with van der Waals surface area (Å²) in [6.45, 7) is 1.99. The Bertz CT molecular complexity index is 384. The number of aromatic hydroxyl groups is 1. The quantitative estimate of drug-likeness (QED) is 0.763. The summed E-state index contributed by atoms with van der Waals surface area (Å²) in [7, 11) is 0. The number of hydrogen-bond donors (Lipinski definition) is 1. The number of carbonyl (C=O) groups excluding carboxylic acids is 1. The van der Waals surface area contributed by atoms with Crippen LogP contribution in [0.3, 0.4) is 0 Å². The van der Waals surface area contributed by atoms with E-state index in [2.05, 4.69) is 0 Å². The Labute approximate surface area is 89.9 Å². The number of phenols is 1. The summed E-state index contributed by atoms with van der Waals surface area (Å²) in [5.41, 5.74) is 0.573. The summed E-state index contributed by atoms with van der Waals surface area (Å²) in [6, 6.07) is 7.09. The van der Waals surface area contributed by atoms with Gasteiger partial charge in [0.1, 0.15) is 11.5 Å². The Balaban J connectivity index is 2.39. The van der Waals surface area contributed by atoms with Crippen LogP contribution in [0.4, 0.5) is 0 Å². The van der Waals surface area contributed by atoms with Gasteiger partial charge >= 0.3 is 0 Å². The molecule has 1 aliphatic carbocycles. The predicted molar refractivity (Wildman–Crippen MR) is 58.9 cm³/mol. The number of Topliss-reactive ketones (excluding diaryl/α,β-unsaturated/α-hetero) is 1. The number of ketones is 1. The van der Waals surface area contributed by atoms with Crippen molar-refractivity contribution in [1.29, 1.82) is 0 Å². The lowest BCUT2D eigenvalue weighted by molar-refractivity contribution is -0.125. The maximum Gasteiger partial charge on any atom is 0.143 e. The molecule has 80 valence electrons. The Morgan fingerprint density at radius 3 is 2.80 bits per heavy atom. The smallest absolute Gasteiger partial charge is 0.143 e. The van der Waals surface area contributed by atoms with Crippen LogP contribution in [-0.2, 0) is 10.2 Å². The lowest BCUT2D eigenvalue weighted by Crippen LogP contribution is -2.35. The number of hydrogen-bond acceptors (Lipinski definition) is 2. The van der Waals surface area contributed by atoms with E-state index in [-0.39, 0.29) is 11.2 Å². The third-order valence-corrected chi connectivity index (χ3v) is 3.43. The molecule has 1 aliphatic rings. The summed E-state index contributed by atoms with van der Waals surface area (Å²) >= 11 is 0. The highest BCUT2D eigenvalue weighted by Crippen LogP contribution is 2.37. The van der Waals surface area contributed by atoms with E-state index in [0.29, 0.717) is 12.2 Å². The van der Waals surface area contributed by atoms with Gasteiger partial charge in [-0.2, -0.15) is 0 Å². The second-order valence-corrected chi connectivity index (χ2v) is 4.51. The number of carbonyl (C=O) groups is 1. The van der Waals surface area contributed by atoms with Crippen molar-refractivity contribution in [3.63, 3.8) is 0 Å². The van der Waals surface area contributed by atoms with Crippen LogP contribution in [0.2, 0.25) is 0 Å². The number of phenolic OH excluding ortho intramolecular Hbond substituents is 1. The molecule has 0 spiro atoms. The van der Waals surface area contributed by atoms with E-state index >= 15 is 0 Å². The van der Waals surface area contributed by atoms with Crippen molar-refractivity contribution in [2.75, 3.05) is 0 Å². The van der Waals surface area contributed by atoms with Gasteiger partial charge in [0.2, 0.25) is 0 Å². The summed E-state index contributed by atoms with van der Waals surface area (Å²) in [5, 5.41) is 9.43. The molecule has 0 bridgehead atoms. The molecule has 2 heteroatoms. The molecular formula is C13H16O2. The highest BCUT2D eigenvalue weighted by atomic mass is 16.3. The van der Waals surface area contributed by atoms with Crippen LogP contribution in [0.25, 0.3) is 0 Å². The molecule has 1 fully saturated rings. The van der Waals surface area contributed by atoms with Crippen LogP contribution in [0.1, 0.15) is 38.2 Å². The molecule has 1 atom stereocenters. The zero-order valence-corrected chi connectivity index (χ0v) is 8.99. The Morgan fingerprint density at radius 1 is 1.33 bits per heavy atom. The van der Waals surface area contributed by atoms with Crippen LogP contribution in [0, 0.1) is 0 Å². The fourth-order valence-electron chi connectivity index (χ4n) is 2.33. The second-order valence-electron chi connectivity index (χ2n) is 4.51. The predicted octanol–water partition coefficient (Wildman–Crippen LogP) is 2.79. The van der Waals surface area contributed by atoms with Crippen molar-refractivity contribution < 1.29 is 9.90 Å². The largest absolute Gasteiger partial charge is 0.508 e. The van der Waals surface area contributed by atoms with Crippen LogP contribution in [-0.4, -0.2) is 10.9 Å². The molecule has 15 heavy (non-hydrogen) atoms. The van der Waals surface area contributed by atoms with Crippen molar-refractivity contribution in [1.82, 2.24) is 0 Å². The number of rotatable bonds is 1. The van der Waals surface area contributed by atoms with Crippen molar-refractivity contribution in [3.8, 4) is 5.75 Å². The van der Waals surface area contributed by atoms with Crippen LogP contribution >= 0.6 is 0 Å². The van der Waals surface area contributed by atoms with E-state index < -0.39 is 0 Å². The summed E-state index contributed by atoms with van der Waals surface area (Å²) in [4.78, 5) is 11.9. The van der Waals surface area contributed by atoms with Crippen molar-refractivity contribution in [2.24, 2.45) is 0 Å². The third-order valence-electron chi connectivity index (χ3n) is 3.43. The molecule has 0 radical (unpaired) electrons. The van der Waals surface area contributed by atoms with Gasteiger partial charge in [0.15, 0.2) is 0 Å². The standard InChI is InChI=1S/C13H16O2/c1-13(8-3-2-7-12(13)15)10-5-4-6-11(14)9-10/h4-6,9,14H,2-3,7-8H2,1H3. The molecule has 0 amide bonds. The molecule has 1 saturated carbocycles. The minimum atomic E-state index is -0.378. The second kappa shape index (κ2) is 3.69. The van der Waals surface area contributed by atoms with Gasteiger partial charge in [-0.1, -0.05) is 18.6 Å². The van der Waals surface area contributed by atoms with Gasteiger partial charge in [0, 0.05) is 6.42 Å². The maximum atomic E-state index is 11.9. The highest BCUT2D eigenvalue weighted by molar-refractivity contribution is 5.90. The van der Waals surface area contributed by atoms with Crippen molar-refractivity contribution in [2.45, 2.75) is 38.0 Å². The average molecular weight is 204 g/mol. The van der Waals surface area contributed by atoms with Gasteiger partial charge in [-0.3, -0.25) is 4.79 Å². The molecule has 0 aliphatic heterocycles. The van der Waals surface area contributed by atoms with Crippen molar-refractivity contribution >= 4 is 5.78 Å². The first kappa shape index (κ1) is 10.2. The topological polar surface area (TPSA) is 37.3 Å². The molecule has 0 heterocycles. The van der Waals surface area contributed by atoms with Crippen LogP contribution in [0.15, 0.2) is 24.3 Å². The normalized spacial score (nSPS) is 26.6. The zero-order valence-electron chi connectivity index (χ0n) is 8.99. The molecular weight excluding hydrogens is 188 g/mol. The monoisotopic (exact) mass is 204 g/mol. The summed E-state index contributed by atoms with van der Waals surface area (Å²) < 4.78 is 0. The Hall–Kier alpha value is -1.31. The minimum absolute atomic E-state index is 0.243. The zero-order chi connectivity index (χ0) is 10.9. The first-order valence-corrected chi connectivity index (χ1v) is 5.46. The van der Waals surface area contributed by atoms with Gasteiger partial charge in [0.05, 0.1) is 5.41 Å². The maximum absolute atomic E-state index is 11.9. The van der Waals surface area contributed by atoms with Crippen LogP contribution in [0.5, 0.6) is 5.75 Å². The summed E-state index contributed by atoms with van der Waals surface area (Å²) in [5.74, 6) is 0.548. The van der Waals surface area contributed by atoms with E-state index in [9.17, 15) is 9.90 Å². The van der Waals surface area contributed by atoms with Gasteiger partial charge in [-0.15, -0.1) is 0 Å². The fraction of sp³-hybridized carbons (Fsp3) is 0.462. The van der Waals surface area contributed by atoms with Gasteiger partial charge < -0.3 is 5.11 Å². The van der Waals surface area contributed by atoms with Crippen LogP contribution < -0.4 is 0 Å². The van der Waals surface area contributed by atoms with E-state index in [1.54, 1.807) is 18.2 Å². The molecule has 2 rings (SSSR count). The fourth-order valence-corrected chi connectivity index (χ4v) is 2.33. The van der Waals surface area contributed by atoms with E-state index in [4.69, 9.17) is 0 Å². The average Bonchev–Trinajstić information content (AvgIpc) is 2.23. The van der Waals surface area contributed by atoms with E-state index in [1.165, 1.54) is 0 Å². The molecule has 1 unspecified atom stereocenters. The lowest BCUT2D eigenvalue weighted by Gasteiger charge is -2.32. The van der Waals surface area contributed by atoms with Gasteiger partial charge in [0.25, 0.3) is 0 Å². The first-order chi connectivity index (χ1) is 7.13. The molecule has 1 N–H and O–H groups in total.